The summed E-state index contributed by atoms with van der Waals surface area (Å²) in [5.74, 6) is -0.392. The normalized spacial score (nSPS) is 15.1. The second-order valence-electron chi connectivity index (χ2n) is 5.04. The van der Waals surface area contributed by atoms with E-state index in [-0.39, 0.29) is 11.9 Å². The highest BCUT2D eigenvalue weighted by atomic mass is 16.2. The van der Waals surface area contributed by atoms with Crippen molar-refractivity contribution in [1.82, 2.24) is 0 Å². The molecule has 102 valence electrons. The maximum Gasteiger partial charge on any atom is 0.250 e. The van der Waals surface area contributed by atoms with Crippen LogP contribution in [0.25, 0.3) is 0 Å². The summed E-state index contributed by atoms with van der Waals surface area (Å²) in [6.07, 6.45) is 1.43. The first kappa shape index (κ1) is 13.4. The SMILES string of the molecule is CC(C)Nc1ccc(N2CCCC2=O)cc1C(N)=O. The molecule has 0 bridgehead atoms. The Labute approximate surface area is 112 Å². The molecule has 19 heavy (non-hydrogen) atoms. The van der Waals surface area contributed by atoms with E-state index < -0.39 is 5.91 Å². The number of primary amides is 1. The van der Waals surface area contributed by atoms with Gasteiger partial charge in [-0.15, -0.1) is 0 Å². The highest BCUT2D eigenvalue weighted by Crippen LogP contribution is 2.26. The van der Waals surface area contributed by atoms with Crippen LogP contribution in [0.1, 0.15) is 37.0 Å². The lowest BCUT2D eigenvalue weighted by Gasteiger charge is -2.19. The molecule has 0 saturated carbocycles. The fourth-order valence-corrected chi connectivity index (χ4v) is 2.26. The molecule has 1 aliphatic heterocycles. The summed E-state index contributed by atoms with van der Waals surface area (Å²) in [5, 5.41) is 3.18. The monoisotopic (exact) mass is 261 g/mol. The zero-order valence-corrected chi connectivity index (χ0v) is 11.3. The molecule has 2 rings (SSSR count). The number of nitrogens with zero attached hydrogens (tertiary/aromatic N) is 1. The molecule has 3 N–H and O–H groups in total. The van der Waals surface area contributed by atoms with Gasteiger partial charge in [-0.2, -0.15) is 0 Å². The second kappa shape index (κ2) is 5.30. The Bertz CT molecular complexity index is 511. The van der Waals surface area contributed by atoms with E-state index in [2.05, 4.69) is 5.32 Å². The van der Waals surface area contributed by atoms with Gasteiger partial charge < -0.3 is 16.0 Å². The number of nitrogens with one attached hydrogen (secondary N) is 1. The van der Waals surface area contributed by atoms with Crippen LogP contribution >= 0.6 is 0 Å². The van der Waals surface area contributed by atoms with Crippen molar-refractivity contribution >= 4 is 23.2 Å². The van der Waals surface area contributed by atoms with Gasteiger partial charge in [0.2, 0.25) is 5.91 Å². The smallest absolute Gasteiger partial charge is 0.250 e. The number of benzene rings is 1. The van der Waals surface area contributed by atoms with Crippen molar-refractivity contribution in [3.05, 3.63) is 23.8 Å². The first-order valence-electron chi connectivity index (χ1n) is 6.50. The van der Waals surface area contributed by atoms with Gasteiger partial charge in [-0.1, -0.05) is 0 Å². The zero-order chi connectivity index (χ0) is 14.0. The van der Waals surface area contributed by atoms with Gasteiger partial charge in [0.15, 0.2) is 0 Å². The van der Waals surface area contributed by atoms with Crippen LogP contribution < -0.4 is 16.0 Å². The fraction of sp³-hybridized carbons (Fsp3) is 0.429. The van der Waals surface area contributed by atoms with Crippen molar-refractivity contribution in [3.63, 3.8) is 0 Å². The third-order valence-corrected chi connectivity index (χ3v) is 3.10. The van der Waals surface area contributed by atoms with E-state index in [0.717, 1.165) is 12.1 Å². The molecule has 0 atom stereocenters. The summed E-state index contributed by atoms with van der Waals surface area (Å²) < 4.78 is 0. The highest BCUT2D eigenvalue weighted by Gasteiger charge is 2.23. The largest absolute Gasteiger partial charge is 0.382 e. The number of rotatable bonds is 4. The Morgan fingerprint density at radius 3 is 2.68 bits per heavy atom. The van der Waals surface area contributed by atoms with Gasteiger partial charge in [-0.25, -0.2) is 0 Å². The van der Waals surface area contributed by atoms with E-state index in [1.54, 1.807) is 17.0 Å². The fourth-order valence-electron chi connectivity index (χ4n) is 2.26. The molecule has 1 heterocycles. The van der Waals surface area contributed by atoms with Crippen molar-refractivity contribution in [2.24, 2.45) is 5.73 Å². The maximum absolute atomic E-state index is 11.7. The molecule has 1 saturated heterocycles. The number of carbonyl (C=O) groups excluding carboxylic acids is 2. The Kier molecular flexibility index (Phi) is 3.74. The van der Waals surface area contributed by atoms with E-state index in [0.29, 0.717) is 24.2 Å². The summed E-state index contributed by atoms with van der Waals surface area (Å²) >= 11 is 0. The van der Waals surface area contributed by atoms with Gasteiger partial charge >= 0.3 is 0 Å². The number of anilines is 2. The number of carbonyl (C=O) groups is 2. The molecule has 1 fully saturated rings. The van der Waals surface area contributed by atoms with E-state index >= 15 is 0 Å². The summed E-state index contributed by atoms with van der Waals surface area (Å²) in [4.78, 5) is 24.9. The summed E-state index contributed by atoms with van der Waals surface area (Å²) in [5.41, 5.74) is 7.28. The average molecular weight is 261 g/mol. The van der Waals surface area contributed by atoms with E-state index in [1.165, 1.54) is 0 Å². The Balaban J connectivity index is 2.35. The maximum atomic E-state index is 11.7. The average Bonchev–Trinajstić information content (AvgIpc) is 2.75. The molecular weight excluding hydrogens is 242 g/mol. The molecule has 0 radical (unpaired) electrons. The molecule has 5 nitrogen and oxygen atoms in total. The highest BCUT2D eigenvalue weighted by molar-refractivity contribution is 6.02. The quantitative estimate of drug-likeness (QED) is 0.866. The first-order valence-corrected chi connectivity index (χ1v) is 6.50. The summed E-state index contributed by atoms with van der Waals surface area (Å²) in [6, 6.07) is 5.55. The van der Waals surface area contributed by atoms with Crippen molar-refractivity contribution in [2.75, 3.05) is 16.8 Å². The molecule has 2 amide bonds. The van der Waals surface area contributed by atoms with Crippen molar-refractivity contribution < 1.29 is 9.59 Å². The molecule has 1 aliphatic rings. The standard InChI is InChI=1S/C14H19N3O2/c1-9(2)16-12-6-5-10(8-11(12)14(15)19)17-7-3-4-13(17)18/h5-6,8-9,16H,3-4,7H2,1-2H3,(H2,15,19). The van der Waals surface area contributed by atoms with Gasteiger partial charge in [0.05, 0.1) is 5.56 Å². The molecule has 0 aliphatic carbocycles. The van der Waals surface area contributed by atoms with Gasteiger partial charge in [-0.3, -0.25) is 9.59 Å². The Hall–Kier alpha value is -2.04. The van der Waals surface area contributed by atoms with Crippen LogP contribution in [0.5, 0.6) is 0 Å². The lowest BCUT2D eigenvalue weighted by molar-refractivity contribution is -0.117. The van der Waals surface area contributed by atoms with Crippen molar-refractivity contribution in [1.29, 1.82) is 0 Å². The van der Waals surface area contributed by atoms with Crippen molar-refractivity contribution in [2.45, 2.75) is 32.7 Å². The van der Waals surface area contributed by atoms with E-state index in [9.17, 15) is 9.59 Å². The first-order chi connectivity index (χ1) is 8.99. The van der Waals surface area contributed by atoms with Gasteiger partial charge in [-0.05, 0) is 38.5 Å². The Morgan fingerprint density at radius 1 is 1.42 bits per heavy atom. The van der Waals surface area contributed by atoms with Crippen molar-refractivity contribution in [3.8, 4) is 0 Å². The minimum absolute atomic E-state index is 0.0972. The second-order valence-corrected chi connectivity index (χ2v) is 5.04. The molecule has 5 heteroatoms. The topological polar surface area (TPSA) is 75.4 Å². The van der Waals surface area contributed by atoms with Crippen LogP contribution in [0, 0.1) is 0 Å². The van der Waals surface area contributed by atoms with Gasteiger partial charge in [0, 0.05) is 30.4 Å². The lowest BCUT2D eigenvalue weighted by atomic mass is 10.1. The van der Waals surface area contributed by atoms with Gasteiger partial charge in [0.1, 0.15) is 0 Å². The molecule has 1 aromatic rings. The molecule has 0 unspecified atom stereocenters. The Morgan fingerprint density at radius 2 is 2.16 bits per heavy atom. The number of hydrogen-bond donors (Lipinski definition) is 2. The van der Waals surface area contributed by atoms with Gasteiger partial charge in [0.25, 0.3) is 5.91 Å². The van der Waals surface area contributed by atoms with Crippen LogP contribution in [0.3, 0.4) is 0 Å². The predicted molar refractivity (Wildman–Crippen MR) is 75.3 cm³/mol. The minimum Gasteiger partial charge on any atom is -0.382 e. The molecular formula is C14H19N3O2. The van der Waals surface area contributed by atoms with Crippen LogP contribution in [0.15, 0.2) is 18.2 Å². The molecule has 0 aromatic heterocycles. The number of nitrogens with two attached hydrogens (primary N) is 1. The lowest BCUT2D eigenvalue weighted by Crippen LogP contribution is -2.25. The van der Waals surface area contributed by atoms with E-state index in [1.807, 2.05) is 19.9 Å². The van der Waals surface area contributed by atoms with Crippen LogP contribution in [-0.2, 0) is 4.79 Å². The zero-order valence-electron chi connectivity index (χ0n) is 11.3. The number of hydrogen-bond acceptors (Lipinski definition) is 3. The van der Waals surface area contributed by atoms with Crippen LogP contribution in [0.4, 0.5) is 11.4 Å². The predicted octanol–water partition coefficient (Wildman–Crippen LogP) is 1.73. The summed E-state index contributed by atoms with van der Waals surface area (Å²) in [6.45, 7) is 4.68. The molecule has 1 aromatic carbocycles. The minimum atomic E-state index is -0.489. The van der Waals surface area contributed by atoms with E-state index in [4.69, 9.17) is 5.73 Å². The van der Waals surface area contributed by atoms with Crippen LogP contribution in [0.2, 0.25) is 0 Å². The van der Waals surface area contributed by atoms with Crippen LogP contribution in [-0.4, -0.2) is 24.4 Å². The third-order valence-electron chi connectivity index (χ3n) is 3.10. The molecule has 0 spiro atoms. The number of amides is 2. The third kappa shape index (κ3) is 2.86. The summed E-state index contributed by atoms with van der Waals surface area (Å²) in [7, 11) is 0.